The molecule has 0 fully saturated rings. The van der Waals surface area contributed by atoms with Crippen molar-refractivity contribution in [2.24, 2.45) is 5.73 Å². The average molecular weight is 471 g/mol. The Hall–Kier alpha value is -3.94. The van der Waals surface area contributed by atoms with E-state index in [1.54, 1.807) is 18.2 Å². The summed E-state index contributed by atoms with van der Waals surface area (Å²) in [6, 6.07) is 23.0. The van der Waals surface area contributed by atoms with Gasteiger partial charge in [-0.1, -0.05) is 48.5 Å². The van der Waals surface area contributed by atoms with Gasteiger partial charge in [0.2, 0.25) is 0 Å². The predicted molar refractivity (Wildman–Crippen MR) is 140 cm³/mol. The van der Waals surface area contributed by atoms with Gasteiger partial charge in [-0.2, -0.15) is 0 Å². The molecule has 4 rings (SSSR count). The molecule has 0 spiro atoms. The molecule has 0 saturated carbocycles. The first-order chi connectivity index (χ1) is 17.0. The predicted octanol–water partition coefficient (Wildman–Crippen LogP) is 4.19. The van der Waals surface area contributed by atoms with Gasteiger partial charge >= 0.3 is 5.97 Å². The van der Waals surface area contributed by atoms with Crippen molar-refractivity contribution in [3.63, 3.8) is 0 Å². The van der Waals surface area contributed by atoms with Gasteiger partial charge < -0.3 is 26.0 Å². The second-order valence-electron chi connectivity index (χ2n) is 8.52. The lowest BCUT2D eigenvalue weighted by Crippen LogP contribution is -2.21. The normalized spacial score (nSPS) is 13.9. The van der Waals surface area contributed by atoms with E-state index in [1.165, 1.54) is 12.7 Å². The fraction of sp³-hybridized carbons (Fsp3) is 0.214. The van der Waals surface area contributed by atoms with Crippen LogP contribution in [0.5, 0.6) is 0 Å². The number of fused-ring (bicyclic) bond motifs is 1. The van der Waals surface area contributed by atoms with Crippen LogP contribution in [0.3, 0.4) is 0 Å². The minimum absolute atomic E-state index is 0.230. The summed E-state index contributed by atoms with van der Waals surface area (Å²) >= 11 is 0. The lowest BCUT2D eigenvalue weighted by atomic mass is 9.99. The van der Waals surface area contributed by atoms with Crippen molar-refractivity contribution in [2.75, 3.05) is 37.9 Å². The number of amides is 1. The van der Waals surface area contributed by atoms with Crippen LogP contribution < -0.4 is 16.4 Å². The van der Waals surface area contributed by atoms with Gasteiger partial charge in [-0.3, -0.25) is 4.79 Å². The van der Waals surface area contributed by atoms with Gasteiger partial charge in [-0.05, 0) is 62.0 Å². The number of benzene rings is 3. The number of ether oxygens (including phenoxy) is 1. The molecule has 0 atom stereocenters. The van der Waals surface area contributed by atoms with Crippen LogP contribution in [0.2, 0.25) is 0 Å². The topological polar surface area (TPSA) is 96.7 Å². The molecular formula is C28H30N4O3. The van der Waals surface area contributed by atoms with E-state index in [0.29, 0.717) is 29.1 Å². The Bertz CT molecular complexity index is 1240. The lowest BCUT2D eigenvalue weighted by Gasteiger charge is -2.17. The summed E-state index contributed by atoms with van der Waals surface area (Å²) in [5.74, 6) is -0.679. The molecular weight excluding hydrogens is 440 g/mol. The number of hydrogen-bond donors (Lipinski definition) is 3. The molecule has 0 aromatic heterocycles. The molecule has 0 saturated heterocycles. The maximum atomic E-state index is 13.1. The first kappa shape index (κ1) is 24.2. The number of nitrogens with two attached hydrogens (primary N) is 1. The van der Waals surface area contributed by atoms with Crippen LogP contribution in [0.4, 0.5) is 11.4 Å². The summed E-state index contributed by atoms with van der Waals surface area (Å²) < 4.78 is 4.81. The Balaban J connectivity index is 1.67. The highest BCUT2D eigenvalue weighted by Crippen LogP contribution is 2.38. The SMILES string of the molecule is COC(=O)c1ccc2c(c1)NC(=O)C2=C(Nc1ccc(CN(C)CCCN)cc1)c1ccccc1. The van der Waals surface area contributed by atoms with E-state index in [4.69, 9.17) is 10.5 Å². The number of nitrogens with zero attached hydrogens (tertiary/aromatic N) is 1. The fourth-order valence-electron chi connectivity index (χ4n) is 4.14. The molecule has 7 heteroatoms. The van der Waals surface area contributed by atoms with E-state index >= 15 is 0 Å². The molecule has 35 heavy (non-hydrogen) atoms. The van der Waals surface area contributed by atoms with E-state index in [0.717, 1.165) is 36.3 Å². The number of rotatable bonds is 9. The van der Waals surface area contributed by atoms with Crippen LogP contribution >= 0.6 is 0 Å². The van der Waals surface area contributed by atoms with Gasteiger partial charge in [0.25, 0.3) is 5.91 Å². The summed E-state index contributed by atoms with van der Waals surface area (Å²) in [6.07, 6.45) is 0.967. The highest BCUT2D eigenvalue weighted by Gasteiger charge is 2.29. The van der Waals surface area contributed by atoms with Crippen molar-refractivity contribution in [1.29, 1.82) is 0 Å². The summed E-state index contributed by atoms with van der Waals surface area (Å²) in [7, 11) is 3.42. The average Bonchev–Trinajstić information content (AvgIpc) is 3.21. The third-order valence-corrected chi connectivity index (χ3v) is 5.92. The molecule has 3 aromatic rings. The van der Waals surface area contributed by atoms with Crippen molar-refractivity contribution in [3.8, 4) is 0 Å². The van der Waals surface area contributed by atoms with Gasteiger partial charge in [0.1, 0.15) is 0 Å². The second-order valence-corrected chi connectivity index (χ2v) is 8.52. The number of hydrogen-bond acceptors (Lipinski definition) is 6. The first-order valence-corrected chi connectivity index (χ1v) is 11.6. The molecule has 4 N–H and O–H groups in total. The number of anilines is 2. The Labute approximate surface area is 205 Å². The van der Waals surface area contributed by atoms with Crippen LogP contribution in [-0.2, 0) is 16.1 Å². The van der Waals surface area contributed by atoms with Crippen LogP contribution in [0.1, 0.15) is 33.5 Å². The standard InChI is InChI=1S/C28H30N4O3/c1-32(16-6-15-29)18-19-9-12-22(13-10-19)30-26(20-7-4-3-5-8-20)25-23-14-11-21(28(34)35-2)17-24(23)31-27(25)33/h3-5,7-14,17,30H,6,15-16,18,29H2,1-2H3,(H,31,33). The molecule has 1 amide bonds. The van der Waals surface area contributed by atoms with E-state index < -0.39 is 5.97 Å². The number of carbonyl (C=O) groups excluding carboxylic acids is 2. The molecule has 1 aliphatic heterocycles. The minimum Gasteiger partial charge on any atom is -0.465 e. The first-order valence-electron chi connectivity index (χ1n) is 11.6. The highest BCUT2D eigenvalue weighted by molar-refractivity contribution is 6.37. The van der Waals surface area contributed by atoms with E-state index in [2.05, 4.69) is 34.7 Å². The Kier molecular flexibility index (Phi) is 7.60. The van der Waals surface area contributed by atoms with E-state index in [9.17, 15) is 9.59 Å². The van der Waals surface area contributed by atoms with Crippen LogP contribution in [0.15, 0.2) is 72.8 Å². The molecule has 0 aliphatic carbocycles. The number of methoxy groups -OCH3 is 1. The summed E-state index contributed by atoms with van der Waals surface area (Å²) in [5, 5.41) is 6.36. The fourth-order valence-corrected chi connectivity index (χ4v) is 4.14. The third-order valence-electron chi connectivity index (χ3n) is 5.92. The summed E-state index contributed by atoms with van der Waals surface area (Å²) in [6.45, 7) is 2.48. The number of carbonyl (C=O) groups is 2. The van der Waals surface area contributed by atoms with Gasteiger partial charge in [0.05, 0.1) is 29.6 Å². The zero-order valence-corrected chi connectivity index (χ0v) is 20.0. The van der Waals surface area contributed by atoms with E-state index in [-0.39, 0.29) is 5.91 Å². The van der Waals surface area contributed by atoms with Gasteiger partial charge in [0.15, 0.2) is 0 Å². The molecule has 7 nitrogen and oxygen atoms in total. The van der Waals surface area contributed by atoms with Crippen molar-refractivity contribution in [3.05, 3.63) is 95.1 Å². The van der Waals surface area contributed by atoms with Gasteiger partial charge in [-0.15, -0.1) is 0 Å². The molecule has 3 aromatic carbocycles. The quantitative estimate of drug-likeness (QED) is 0.321. The zero-order valence-electron chi connectivity index (χ0n) is 20.0. The van der Waals surface area contributed by atoms with Crippen molar-refractivity contribution >= 4 is 34.5 Å². The van der Waals surface area contributed by atoms with Gasteiger partial charge in [-0.25, -0.2) is 4.79 Å². The number of esters is 1. The largest absolute Gasteiger partial charge is 0.465 e. The summed E-state index contributed by atoms with van der Waals surface area (Å²) in [5.41, 5.74) is 11.5. The Morgan fingerprint density at radius 1 is 1.03 bits per heavy atom. The zero-order chi connectivity index (χ0) is 24.8. The highest BCUT2D eigenvalue weighted by atomic mass is 16.5. The van der Waals surface area contributed by atoms with Crippen molar-refractivity contribution in [1.82, 2.24) is 4.90 Å². The van der Waals surface area contributed by atoms with Gasteiger partial charge in [0, 0.05) is 17.8 Å². The lowest BCUT2D eigenvalue weighted by molar-refractivity contribution is -0.110. The van der Waals surface area contributed by atoms with Crippen LogP contribution in [0, 0.1) is 0 Å². The molecule has 1 aliphatic rings. The maximum absolute atomic E-state index is 13.1. The van der Waals surface area contributed by atoms with Crippen molar-refractivity contribution < 1.29 is 14.3 Å². The van der Waals surface area contributed by atoms with Crippen LogP contribution in [0.25, 0.3) is 11.3 Å². The Morgan fingerprint density at radius 2 is 1.77 bits per heavy atom. The smallest absolute Gasteiger partial charge is 0.337 e. The van der Waals surface area contributed by atoms with E-state index in [1.807, 2.05) is 42.5 Å². The molecule has 1 heterocycles. The monoisotopic (exact) mass is 470 g/mol. The summed E-state index contributed by atoms with van der Waals surface area (Å²) in [4.78, 5) is 27.3. The molecule has 0 bridgehead atoms. The molecule has 180 valence electrons. The minimum atomic E-state index is -0.449. The molecule has 0 radical (unpaired) electrons. The maximum Gasteiger partial charge on any atom is 0.337 e. The van der Waals surface area contributed by atoms with Crippen molar-refractivity contribution in [2.45, 2.75) is 13.0 Å². The Morgan fingerprint density at radius 3 is 2.46 bits per heavy atom. The van der Waals surface area contributed by atoms with Crippen LogP contribution in [-0.4, -0.2) is 44.0 Å². The second kappa shape index (κ2) is 11.0. The molecule has 0 unspecified atom stereocenters. The number of nitrogens with one attached hydrogen (secondary N) is 2. The third kappa shape index (κ3) is 5.59.